The molecule has 3 N–H and O–H groups in total. The highest BCUT2D eigenvalue weighted by Gasteiger charge is 2.14. The Morgan fingerprint density at radius 2 is 1.89 bits per heavy atom. The Morgan fingerprint density at radius 1 is 1.16 bits per heavy atom. The number of thioether (sulfide) groups is 1. The predicted molar refractivity (Wildman–Crippen MR) is 82.8 cm³/mol. The standard InChI is InChI=1S/C16H18N2S/c1-12-6-5-9-14(10-12)19-15(11-16(17)18)13-7-3-2-4-8-13/h2-10,15H,11H2,1H3,(H3,17,18). The molecule has 2 aromatic carbocycles. The fraction of sp³-hybridized carbons (Fsp3) is 0.188. The number of hydrogen-bond donors (Lipinski definition) is 2. The minimum Gasteiger partial charge on any atom is -0.388 e. The molecule has 0 aromatic heterocycles. The predicted octanol–water partition coefficient (Wildman–Crippen LogP) is 4.15. The van der Waals surface area contributed by atoms with Crippen LogP contribution in [0.15, 0.2) is 59.5 Å². The molecule has 0 aliphatic rings. The maximum Gasteiger partial charge on any atom is 0.0920 e. The molecule has 1 unspecified atom stereocenters. The molecule has 0 saturated heterocycles. The first-order valence-corrected chi connectivity index (χ1v) is 7.14. The van der Waals surface area contributed by atoms with Crippen LogP contribution < -0.4 is 5.73 Å². The summed E-state index contributed by atoms with van der Waals surface area (Å²) in [5.74, 6) is 0.231. The molecule has 2 nitrogen and oxygen atoms in total. The fourth-order valence-electron chi connectivity index (χ4n) is 1.95. The highest BCUT2D eigenvalue weighted by Crippen LogP contribution is 2.37. The third kappa shape index (κ3) is 4.14. The van der Waals surface area contributed by atoms with E-state index in [2.05, 4.69) is 43.3 Å². The van der Waals surface area contributed by atoms with Crippen LogP contribution in [0.1, 0.15) is 22.8 Å². The SMILES string of the molecule is Cc1cccc(SC(CC(=N)N)c2ccccc2)c1. The average molecular weight is 270 g/mol. The van der Waals surface area contributed by atoms with Gasteiger partial charge in [0.15, 0.2) is 0 Å². The summed E-state index contributed by atoms with van der Waals surface area (Å²) in [5, 5.41) is 7.74. The topological polar surface area (TPSA) is 49.9 Å². The lowest BCUT2D eigenvalue weighted by Crippen LogP contribution is -2.13. The third-order valence-corrected chi connectivity index (χ3v) is 4.09. The largest absolute Gasteiger partial charge is 0.388 e. The van der Waals surface area contributed by atoms with Gasteiger partial charge in [-0.3, -0.25) is 5.41 Å². The van der Waals surface area contributed by atoms with Crippen molar-refractivity contribution in [2.45, 2.75) is 23.5 Å². The summed E-state index contributed by atoms with van der Waals surface area (Å²) in [4.78, 5) is 1.22. The van der Waals surface area contributed by atoms with E-state index in [1.165, 1.54) is 16.0 Å². The Bertz CT molecular complexity index is 552. The van der Waals surface area contributed by atoms with Gasteiger partial charge in [0.05, 0.1) is 5.84 Å². The van der Waals surface area contributed by atoms with Crippen LogP contribution in [0, 0.1) is 12.3 Å². The van der Waals surface area contributed by atoms with E-state index in [0.717, 1.165) is 0 Å². The van der Waals surface area contributed by atoms with Gasteiger partial charge >= 0.3 is 0 Å². The van der Waals surface area contributed by atoms with E-state index in [1.807, 2.05) is 18.2 Å². The van der Waals surface area contributed by atoms with Gasteiger partial charge in [-0.2, -0.15) is 0 Å². The normalized spacial score (nSPS) is 12.1. The van der Waals surface area contributed by atoms with Crippen molar-refractivity contribution in [3.8, 4) is 0 Å². The van der Waals surface area contributed by atoms with Crippen molar-refractivity contribution >= 4 is 17.6 Å². The Kier molecular flexibility index (Phi) is 4.63. The molecule has 2 aromatic rings. The molecule has 0 aliphatic carbocycles. The summed E-state index contributed by atoms with van der Waals surface area (Å²) in [7, 11) is 0. The van der Waals surface area contributed by atoms with Crippen LogP contribution in [0.25, 0.3) is 0 Å². The molecular formula is C16H18N2S. The second-order valence-corrected chi connectivity index (χ2v) is 5.84. The highest BCUT2D eigenvalue weighted by molar-refractivity contribution is 7.99. The van der Waals surface area contributed by atoms with Gasteiger partial charge in [0.1, 0.15) is 0 Å². The maximum absolute atomic E-state index is 7.55. The fourth-order valence-corrected chi connectivity index (χ4v) is 3.24. The number of amidine groups is 1. The smallest absolute Gasteiger partial charge is 0.0920 e. The molecule has 98 valence electrons. The van der Waals surface area contributed by atoms with Crippen molar-refractivity contribution in [3.63, 3.8) is 0 Å². The first kappa shape index (κ1) is 13.7. The molecule has 0 fully saturated rings. The number of benzene rings is 2. The number of rotatable bonds is 5. The Balaban J connectivity index is 2.21. The van der Waals surface area contributed by atoms with Crippen molar-refractivity contribution in [2.24, 2.45) is 5.73 Å². The molecule has 0 aliphatic heterocycles. The molecule has 0 spiro atoms. The summed E-state index contributed by atoms with van der Waals surface area (Å²) in [5.41, 5.74) is 8.05. The molecule has 0 saturated carbocycles. The van der Waals surface area contributed by atoms with Gasteiger partial charge in [-0.05, 0) is 24.6 Å². The summed E-state index contributed by atoms with van der Waals surface area (Å²) in [6, 6.07) is 18.7. The van der Waals surface area contributed by atoms with Gasteiger partial charge in [0.2, 0.25) is 0 Å². The Labute approximate surface area is 118 Å². The minimum atomic E-state index is 0.195. The van der Waals surface area contributed by atoms with Gasteiger partial charge in [0, 0.05) is 16.6 Å². The lowest BCUT2D eigenvalue weighted by Gasteiger charge is -2.16. The second kappa shape index (κ2) is 6.43. The number of nitrogens with two attached hydrogens (primary N) is 1. The van der Waals surface area contributed by atoms with E-state index >= 15 is 0 Å². The highest BCUT2D eigenvalue weighted by atomic mass is 32.2. The van der Waals surface area contributed by atoms with Gasteiger partial charge in [-0.25, -0.2) is 0 Å². The van der Waals surface area contributed by atoms with Crippen molar-refractivity contribution in [1.82, 2.24) is 0 Å². The van der Waals surface area contributed by atoms with Gasteiger partial charge in [-0.1, -0.05) is 48.0 Å². The number of nitrogens with one attached hydrogen (secondary N) is 1. The third-order valence-electron chi connectivity index (χ3n) is 2.84. The van der Waals surface area contributed by atoms with Gasteiger partial charge in [-0.15, -0.1) is 11.8 Å². The number of aryl methyl sites for hydroxylation is 1. The van der Waals surface area contributed by atoms with E-state index in [-0.39, 0.29) is 11.1 Å². The first-order valence-electron chi connectivity index (χ1n) is 6.26. The molecule has 0 heterocycles. The van der Waals surface area contributed by atoms with Crippen molar-refractivity contribution in [3.05, 3.63) is 65.7 Å². The van der Waals surface area contributed by atoms with E-state index in [0.29, 0.717) is 6.42 Å². The molecular weight excluding hydrogens is 252 g/mol. The van der Waals surface area contributed by atoms with E-state index < -0.39 is 0 Å². The second-order valence-electron chi connectivity index (χ2n) is 4.56. The van der Waals surface area contributed by atoms with Gasteiger partial charge in [0.25, 0.3) is 0 Å². The zero-order chi connectivity index (χ0) is 13.7. The molecule has 1 atom stereocenters. The molecule has 2 rings (SSSR count). The maximum atomic E-state index is 7.55. The van der Waals surface area contributed by atoms with Gasteiger partial charge < -0.3 is 5.73 Å². The lowest BCUT2D eigenvalue weighted by molar-refractivity contribution is 0.985. The Hall–Kier alpha value is -1.74. The molecule has 0 amide bonds. The lowest BCUT2D eigenvalue weighted by atomic mass is 10.1. The first-order chi connectivity index (χ1) is 9.15. The minimum absolute atomic E-state index is 0.195. The summed E-state index contributed by atoms with van der Waals surface area (Å²) >= 11 is 1.76. The molecule has 19 heavy (non-hydrogen) atoms. The zero-order valence-electron chi connectivity index (χ0n) is 11.0. The number of hydrogen-bond acceptors (Lipinski definition) is 2. The van der Waals surface area contributed by atoms with E-state index in [9.17, 15) is 0 Å². The van der Waals surface area contributed by atoms with Crippen LogP contribution in [0.2, 0.25) is 0 Å². The van der Waals surface area contributed by atoms with Crippen molar-refractivity contribution in [2.75, 3.05) is 0 Å². The Morgan fingerprint density at radius 3 is 2.53 bits per heavy atom. The molecule has 3 heteroatoms. The van der Waals surface area contributed by atoms with Crippen molar-refractivity contribution in [1.29, 1.82) is 5.41 Å². The molecule has 0 radical (unpaired) electrons. The monoisotopic (exact) mass is 270 g/mol. The summed E-state index contributed by atoms with van der Waals surface area (Å²) in [6.07, 6.45) is 0.572. The van der Waals surface area contributed by atoms with Crippen LogP contribution in [-0.4, -0.2) is 5.84 Å². The van der Waals surface area contributed by atoms with E-state index in [1.54, 1.807) is 11.8 Å². The van der Waals surface area contributed by atoms with Crippen LogP contribution in [0.5, 0.6) is 0 Å². The van der Waals surface area contributed by atoms with Crippen LogP contribution in [-0.2, 0) is 0 Å². The molecule has 0 bridgehead atoms. The summed E-state index contributed by atoms with van der Waals surface area (Å²) < 4.78 is 0. The van der Waals surface area contributed by atoms with Crippen LogP contribution >= 0.6 is 11.8 Å². The zero-order valence-corrected chi connectivity index (χ0v) is 11.8. The van der Waals surface area contributed by atoms with Crippen LogP contribution in [0.3, 0.4) is 0 Å². The quantitative estimate of drug-likeness (QED) is 0.487. The van der Waals surface area contributed by atoms with Crippen LogP contribution in [0.4, 0.5) is 0 Å². The van der Waals surface area contributed by atoms with E-state index in [4.69, 9.17) is 11.1 Å². The van der Waals surface area contributed by atoms with Crippen molar-refractivity contribution < 1.29 is 0 Å². The summed E-state index contributed by atoms with van der Waals surface area (Å²) in [6.45, 7) is 2.09. The average Bonchev–Trinajstić information content (AvgIpc) is 2.38.